The molecule has 0 atom stereocenters. The van der Waals surface area contributed by atoms with Crippen molar-refractivity contribution < 1.29 is 9.47 Å². The fourth-order valence-electron chi connectivity index (χ4n) is 2.18. The van der Waals surface area contributed by atoms with Gasteiger partial charge in [0, 0.05) is 24.6 Å². The highest BCUT2D eigenvalue weighted by molar-refractivity contribution is 7.99. The molecule has 0 unspecified atom stereocenters. The third-order valence-corrected chi connectivity index (χ3v) is 5.65. The molecule has 0 aromatic carbocycles. The lowest BCUT2D eigenvalue weighted by atomic mass is 10.6. The second-order valence-electron chi connectivity index (χ2n) is 6.90. The Kier molecular flexibility index (Phi) is 12.2. The molecule has 0 radical (unpaired) electrons. The van der Waals surface area contributed by atoms with Gasteiger partial charge in [-0.1, -0.05) is 23.5 Å². The van der Waals surface area contributed by atoms with Crippen molar-refractivity contribution in [3.63, 3.8) is 0 Å². The van der Waals surface area contributed by atoms with E-state index in [1.54, 1.807) is 23.5 Å². The Bertz CT molecular complexity index is 639. The summed E-state index contributed by atoms with van der Waals surface area (Å²) in [4.78, 5) is 4.20. The van der Waals surface area contributed by atoms with Crippen molar-refractivity contribution in [3.8, 4) is 0 Å². The number of thioether (sulfide) groups is 2. The summed E-state index contributed by atoms with van der Waals surface area (Å²) in [5.41, 5.74) is 0. The molecule has 0 saturated heterocycles. The maximum atomic E-state index is 5.62. The lowest BCUT2D eigenvalue weighted by molar-refractivity contribution is 0.0604. The zero-order valence-corrected chi connectivity index (χ0v) is 19.8. The van der Waals surface area contributed by atoms with Gasteiger partial charge in [0.15, 0.2) is 0 Å². The fraction of sp³-hybridized carbons (Fsp3) is 0.875. The minimum Gasteiger partial charge on any atom is -0.378 e. The Labute approximate surface area is 186 Å². The van der Waals surface area contributed by atoms with E-state index in [-0.39, 0.29) is 0 Å². The van der Waals surface area contributed by atoms with E-state index in [1.807, 2.05) is 37.6 Å². The van der Waals surface area contributed by atoms with Crippen molar-refractivity contribution in [2.45, 2.75) is 23.4 Å². The second-order valence-corrected chi connectivity index (χ2v) is 9.02. The van der Waals surface area contributed by atoms with Crippen LogP contribution < -0.4 is 0 Å². The molecule has 30 heavy (non-hydrogen) atoms. The van der Waals surface area contributed by atoms with Crippen LogP contribution in [0.3, 0.4) is 0 Å². The quantitative estimate of drug-likeness (QED) is 0.228. The number of tetrazole rings is 2. The number of rotatable bonds is 17. The first kappa shape index (κ1) is 24.9. The highest BCUT2D eigenvalue weighted by atomic mass is 32.2. The number of hydrogen-bond donors (Lipinski definition) is 0. The van der Waals surface area contributed by atoms with E-state index in [2.05, 4.69) is 40.9 Å². The van der Waals surface area contributed by atoms with Gasteiger partial charge in [0.1, 0.15) is 0 Å². The van der Waals surface area contributed by atoms with E-state index < -0.39 is 0 Å². The van der Waals surface area contributed by atoms with Gasteiger partial charge in [0.2, 0.25) is 10.3 Å². The Morgan fingerprint density at radius 3 is 1.53 bits per heavy atom. The van der Waals surface area contributed by atoms with Crippen LogP contribution in [-0.2, 0) is 22.6 Å². The SMILES string of the molecule is CN(C)CCn1nnnc1SCCOCCOCCSc1nnnn1CCN(C)C. The molecule has 0 amide bonds. The molecule has 12 nitrogen and oxygen atoms in total. The first-order valence-corrected chi connectivity index (χ1v) is 11.8. The molecule has 14 heteroatoms. The lowest BCUT2D eigenvalue weighted by Crippen LogP contribution is -2.19. The number of ether oxygens (including phenoxy) is 2. The standard InChI is InChI=1S/C16H32N10O2S2/c1-23(2)5-7-25-15(17-19-21-25)29-13-11-27-9-10-28-12-14-30-16-18-20-22-26(16)8-6-24(3)4/h5-14H2,1-4H3. The van der Waals surface area contributed by atoms with Crippen LogP contribution in [0.5, 0.6) is 0 Å². The van der Waals surface area contributed by atoms with E-state index >= 15 is 0 Å². The van der Waals surface area contributed by atoms with Gasteiger partial charge in [0.25, 0.3) is 0 Å². The third kappa shape index (κ3) is 10.1. The molecule has 0 aliphatic heterocycles. The Morgan fingerprint density at radius 1 is 0.700 bits per heavy atom. The number of aromatic nitrogens is 8. The molecular formula is C16H32N10O2S2. The van der Waals surface area contributed by atoms with Crippen molar-refractivity contribution >= 4 is 23.5 Å². The van der Waals surface area contributed by atoms with Gasteiger partial charge in [-0.3, -0.25) is 0 Å². The monoisotopic (exact) mass is 460 g/mol. The number of likely N-dealkylation sites (N-methyl/N-ethyl adjacent to an activating group) is 2. The molecule has 2 rings (SSSR count). The third-order valence-electron chi connectivity index (χ3n) is 3.81. The van der Waals surface area contributed by atoms with Crippen LogP contribution in [0.15, 0.2) is 10.3 Å². The summed E-state index contributed by atoms with van der Waals surface area (Å²) < 4.78 is 14.9. The van der Waals surface area contributed by atoms with Gasteiger partial charge in [-0.25, -0.2) is 9.36 Å². The number of hydrogen-bond acceptors (Lipinski definition) is 12. The molecule has 0 bridgehead atoms. The molecule has 0 aliphatic rings. The molecule has 0 aliphatic carbocycles. The molecule has 0 saturated carbocycles. The molecular weight excluding hydrogens is 428 g/mol. The molecule has 170 valence electrons. The Morgan fingerprint density at radius 2 is 1.13 bits per heavy atom. The number of nitrogens with zero attached hydrogens (tertiary/aromatic N) is 10. The Hall–Kier alpha value is -1.32. The maximum absolute atomic E-state index is 5.62. The predicted molar refractivity (Wildman–Crippen MR) is 116 cm³/mol. The predicted octanol–water partition coefficient (Wildman–Crippen LogP) is -0.300. The highest BCUT2D eigenvalue weighted by Gasteiger charge is 2.08. The topological polar surface area (TPSA) is 112 Å². The average molecular weight is 461 g/mol. The van der Waals surface area contributed by atoms with E-state index in [1.165, 1.54) is 0 Å². The summed E-state index contributed by atoms with van der Waals surface area (Å²) in [5.74, 6) is 1.60. The summed E-state index contributed by atoms with van der Waals surface area (Å²) in [5, 5.41) is 25.3. The summed E-state index contributed by atoms with van der Waals surface area (Å²) in [6.07, 6.45) is 0. The first-order chi connectivity index (χ1) is 14.6. The molecule has 2 aromatic heterocycles. The van der Waals surface area contributed by atoms with Crippen LogP contribution >= 0.6 is 23.5 Å². The van der Waals surface area contributed by atoms with Crippen LogP contribution in [0.4, 0.5) is 0 Å². The lowest BCUT2D eigenvalue weighted by Gasteiger charge is -2.10. The average Bonchev–Trinajstić information content (AvgIpc) is 3.35. The van der Waals surface area contributed by atoms with Gasteiger partial charge in [-0.05, 0) is 49.0 Å². The summed E-state index contributed by atoms with van der Waals surface area (Å²) >= 11 is 3.20. The van der Waals surface area contributed by atoms with Gasteiger partial charge >= 0.3 is 0 Å². The van der Waals surface area contributed by atoms with Crippen LogP contribution in [0.1, 0.15) is 0 Å². The van der Waals surface area contributed by atoms with Crippen LogP contribution in [0.2, 0.25) is 0 Å². The highest BCUT2D eigenvalue weighted by Crippen LogP contribution is 2.14. The van der Waals surface area contributed by atoms with Gasteiger partial charge in [-0.2, -0.15) is 0 Å². The van der Waals surface area contributed by atoms with Crippen molar-refractivity contribution in [1.29, 1.82) is 0 Å². The second kappa shape index (κ2) is 14.6. The first-order valence-electron chi connectivity index (χ1n) is 9.79. The minimum absolute atomic E-state index is 0.567. The van der Waals surface area contributed by atoms with E-state index in [9.17, 15) is 0 Å². The normalized spacial score (nSPS) is 11.8. The van der Waals surface area contributed by atoms with Crippen molar-refractivity contribution in [3.05, 3.63) is 0 Å². The van der Waals surface area contributed by atoms with Crippen molar-refractivity contribution in [2.75, 3.05) is 79.2 Å². The van der Waals surface area contributed by atoms with E-state index in [0.717, 1.165) is 48.0 Å². The summed E-state index contributed by atoms with van der Waals surface area (Å²) in [6.45, 7) is 5.74. The van der Waals surface area contributed by atoms with Crippen LogP contribution in [0.25, 0.3) is 0 Å². The maximum Gasteiger partial charge on any atom is 0.209 e. The van der Waals surface area contributed by atoms with Crippen molar-refractivity contribution in [2.24, 2.45) is 0 Å². The molecule has 0 N–H and O–H groups in total. The Balaban J connectivity index is 1.46. The largest absolute Gasteiger partial charge is 0.378 e. The molecule has 2 heterocycles. The van der Waals surface area contributed by atoms with Crippen LogP contribution in [-0.4, -0.2) is 129 Å². The van der Waals surface area contributed by atoms with Gasteiger partial charge < -0.3 is 19.3 Å². The summed E-state index contributed by atoms with van der Waals surface area (Å²) in [7, 11) is 8.12. The van der Waals surface area contributed by atoms with Gasteiger partial charge in [-0.15, -0.1) is 10.2 Å². The van der Waals surface area contributed by atoms with E-state index in [4.69, 9.17) is 9.47 Å². The van der Waals surface area contributed by atoms with Gasteiger partial charge in [0.05, 0.1) is 39.5 Å². The molecule has 0 fully saturated rings. The fourth-order valence-corrected chi connectivity index (χ4v) is 3.69. The molecule has 2 aromatic rings. The summed E-state index contributed by atoms with van der Waals surface area (Å²) in [6, 6.07) is 0. The van der Waals surface area contributed by atoms with Crippen molar-refractivity contribution in [1.82, 2.24) is 50.2 Å². The van der Waals surface area contributed by atoms with Crippen LogP contribution in [0, 0.1) is 0 Å². The molecule has 0 spiro atoms. The smallest absolute Gasteiger partial charge is 0.209 e. The van der Waals surface area contributed by atoms with E-state index in [0.29, 0.717) is 26.4 Å². The minimum atomic E-state index is 0.567. The zero-order chi connectivity index (χ0) is 21.6. The zero-order valence-electron chi connectivity index (χ0n) is 18.2.